The van der Waals surface area contributed by atoms with E-state index in [1.807, 2.05) is 13.8 Å². The monoisotopic (exact) mass is 222 g/mol. The lowest BCUT2D eigenvalue weighted by molar-refractivity contribution is -0.109. The minimum absolute atomic E-state index is 0.0921. The van der Waals surface area contributed by atoms with Crippen LogP contribution in [-0.2, 0) is 11.2 Å². The first-order chi connectivity index (χ1) is 7.37. The van der Waals surface area contributed by atoms with Crippen molar-refractivity contribution < 1.29 is 15.0 Å². The second-order valence-corrected chi connectivity index (χ2v) is 4.93. The van der Waals surface area contributed by atoms with Crippen LogP contribution in [0.2, 0.25) is 0 Å². The molecule has 0 heterocycles. The molecule has 0 aromatic heterocycles. The van der Waals surface area contributed by atoms with Crippen LogP contribution < -0.4 is 0 Å². The summed E-state index contributed by atoms with van der Waals surface area (Å²) in [6.07, 6.45) is 1.95. The Bertz CT molecular complexity index is 394. The molecule has 0 saturated carbocycles. The number of benzene rings is 1. The number of hydrogen-bond acceptors (Lipinski definition) is 3. The summed E-state index contributed by atoms with van der Waals surface area (Å²) in [5, 5.41) is 19.3. The number of carbonyl (C=O) groups excluding carboxylic acids is 1. The highest BCUT2D eigenvalue weighted by Gasteiger charge is 2.20. The van der Waals surface area contributed by atoms with Gasteiger partial charge >= 0.3 is 0 Å². The SMILES string of the molecule is Cc1c(O)ccc(CC(C)(C)CC=O)c1O. The van der Waals surface area contributed by atoms with Crippen LogP contribution in [0.5, 0.6) is 11.5 Å². The molecular weight excluding hydrogens is 204 g/mol. The molecule has 88 valence electrons. The predicted molar refractivity (Wildman–Crippen MR) is 62.7 cm³/mol. The Hall–Kier alpha value is -1.51. The lowest BCUT2D eigenvalue weighted by Crippen LogP contribution is -2.15. The van der Waals surface area contributed by atoms with E-state index in [-0.39, 0.29) is 16.9 Å². The number of phenolic OH excluding ortho intramolecular Hbond substituents is 2. The van der Waals surface area contributed by atoms with Gasteiger partial charge in [0.2, 0.25) is 0 Å². The molecule has 0 aliphatic heterocycles. The fraction of sp³-hybridized carbons (Fsp3) is 0.462. The first-order valence-corrected chi connectivity index (χ1v) is 5.31. The van der Waals surface area contributed by atoms with E-state index < -0.39 is 0 Å². The Balaban J connectivity index is 2.98. The first-order valence-electron chi connectivity index (χ1n) is 5.31. The third kappa shape index (κ3) is 2.75. The molecule has 0 aliphatic carbocycles. The molecule has 16 heavy (non-hydrogen) atoms. The second kappa shape index (κ2) is 4.56. The summed E-state index contributed by atoms with van der Waals surface area (Å²) in [5.41, 5.74) is 1.07. The Morgan fingerprint density at radius 2 is 1.94 bits per heavy atom. The Morgan fingerprint density at radius 3 is 2.50 bits per heavy atom. The third-order valence-electron chi connectivity index (χ3n) is 2.79. The highest BCUT2D eigenvalue weighted by Crippen LogP contribution is 2.34. The number of phenols is 2. The summed E-state index contributed by atoms with van der Waals surface area (Å²) in [4.78, 5) is 10.5. The van der Waals surface area contributed by atoms with Gasteiger partial charge in [0.15, 0.2) is 0 Å². The summed E-state index contributed by atoms with van der Waals surface area (Å²) in [6, 6.07) is 3.27. The fourth-order valence-corrected chi connectivity index (χ4v) is 1.70. The lowest BCUT2D eigenvalue weighted by atomic mass is 9.82. The Labute approximate surface area is 95.7 Å². The molecule has 0 unspecified atom stereocenters. The topological polar surface area (TPSA) is 57.5 Å². The summed E-state index contributed by atoms with van der Waals surface area (Å²) < 4.78 is 0. The minimum atomic E-state index is -0.178. The number of aromatic hydroxyl groups is 2. The molecular formula is C13H18O3. The number of rotatable bonds is 4. The molecule has 0 radical (unpaired) electrons. The van der Waals surface area contributed by atoms with Gasteiger partial charge in [-0.05, 0) is 30.4 Å². The highest BCUT2D eigenvalue weighted by atomic mass is 16.3. The summed E-state index contributed by atoms with van der Waals surface area (Å²) >= 11 is 0. The molecule has 3 heteroatoms. The molecule has 3 nitrogen and oxygen atoms in total. The van der Waals surface area contributed by atoms with E-state index in [0.29, 0.717) is 18.4 Å². The molecule has 1 rings (SSSR count). The van der Waals surface area contributed by atoms with Crippen LogP contribution in [0.15, 0.2) is 12.1 Å². The van der Waals surface area contributed by atoms with Gasteiger partial charge in [-0.15, -0.1) is 0 Å². The molecule has 2 N–H and O–H groups in total. The minimum Gasteiger partial charge on any atom is -0.508 e. The number of aldehydes is 1. The van der Waals surface area contributed by atoms with Gasteiger partial charge in [0, 0.05) is 12.0 Å². The van der Waals surface area contributed by atoms with Crippen molar-refractivity contribution in [1.29, 1.82) is 0 Å². The van der Waals surface area contributed by atoms with Gasteiger partial charge in [-0.25, -0.2) is 0 Å². The van der Waals surface area contributed by atoms with E-state index in [1.54, 1.807) is 19.1 Å². The second-order valence-electron chi connectivity index (χ2n) is 4.93. The maximum absolute atomic E-state index is 10.5. The van der Waals surface area contributed by atoms with Crippen molar-refractivity contribution in [1.82, 2.24) is 0 Å². The molecule has 0 bridgehead atoms. The Kier molecular flexibility index (Phi) is 3.58. The van der Waals surface area contributed by atoms with Crippen LogP contribution in [0.1, 0.15) is 31.4 Å². The Morgan fingerprint density at radius 1 is 1.31 bits per heavy atom. The number of hydrogen-bond donors (Lipinski definition) is 2. The molecule has 0 fully saturated rings. The van der Waals surface area contributed by atoms with Crippen LogP contribution in [0.4, 0.5) is 0 Å². The molecule has 0 amide bonds. The van der Waals surface area contributed by atoms with Crippen molar-refractivity contribution in [3.8, 4) is 11.5 Å². The number of carbonyl (C=O) groups is 1. The van der Waals surface area contributed by atoms with Gasteiger partial charge in [-0.2, -0.15) is 0 Å². The van der Waals surface area contributed by atoms with Crippen LogP contribution in [-0.4, -0.2) is 16.5 Å². The molecule has 1 aromatic carbocycles. The molecule has 0 atom stereocenters. The molecule has 0 saturated heterocycles. The van der Waals surface area contributed by atoms with Crippen molar-refractivity contribution in [3.05, 3.63) is 23.3 Å². The smallest absolute Gasteiger partial charge is 0.125 e. The van der Waals surface area contributed by atoms with Gasteiger partial charge in [0.05, 0.1) is 0 Å². The fourth-order valence-electron chi connectivity index (χ4n) is 1.70. The first kappa shape index (κ1) is 12.6. The van der Waals surface area contributed by atoms with Crippen LogP contribution in [0, 0.1) is 12.3 Å². The maximum atomic E-state index is 10.5. The predicted octanol–water partition coefficient (Wildman–Crippen LogP) is 2.56. The van der Waals surface area contributed by atoms with Gasteiger partial charge in [0.1, 0.15) is 17.8 Å². The largest absolute Gasteiger partial charge is 0.508 e. The van der Waals surface area contributed by atoms with E-state index >= 15 is 0 Å². The summed E-state index contributed by atoms with van der Waals surface area (Å²) in [5.74, 6) is 0.216. The van der Waals surface area contributed by atoms with Crippen LogP contribution >= 0.6 is 0 Å². The van der Waals surface area contributed by atoms with Crippen molar-refractivity contribution in [2.75, 3.05) is 0 Å². The van der Waals surface area contributed by atoms with Crippen molar-refractivity contribution >= 4 is 6.29 Å². The average Bonchev–Trinajstić information content (AvgIpc) is 2.19. The lowest BCUT2D eigenvalue weighted by Gasteiger charge is -2.22. The molecule has 0 spiro atoms. The van der Waals surface area contributed by atoms with E-state index in [4.69, 9.17) is 0 Å². The van der Waals surface area contributed by atoms with Crippen molar-refractivity contribution in [2.45, 2.75) is 33.6 Å². The van der Waals surface area contributed by atoms with Gasteiger partial charge in [-0.1, -0.05) is 19.9 Å². The maximum Gasteiger partial charge on any atom is 0.125 e. The van der Waals surface area contributed by atoms with E-state index in [1.165, 1.54) is 0 Å². The zero-order valence-corrected chi connectivity index (χ0v) is 9.95. The summed E-state index contributed by atoms with van der Waals surface area (Å²) in [7, 11) is 0. The van der Waals surface area contributed by atoms with Gasteiger partial charge in [0.25, 0.3) is 0 Å². The van der Waals surface area contributed by atoms with Crippen LogP contribution in [0.3, 0.4) is 0 Å². The quantitative estimate of drug-likeness (QED) is 0.770. The van der Waals surface area contributed by atoms with Gasteiger partial charge < -0.3 is 15.0 Å². The zero-order chi connectivity index (χ0) is 12.3. The standard InChI is InChI=1S/C13H18O3/c1-9-11(15)5-4-10(12(9)16)8-13(2,3)6-7-14/h4-5,7,15-16H,6,8H2,1-3H3. The van der Waals surface area contributed by atoms with Crippen molar-refractivity contribution in [2.24, 2.45) is 5.41 Å². The van der Waals surface area contributed by atoms with Crippen molar-refractivity contribution in [3.63, 3.8) is 0 Å². The zero-order valence-electron chi connectivity index (χ0n) is 9.95. The van der Waals surface area contributed by atoms with E-state index in [0.717, 1.165) is 11.8 Å². The highest BCUT2D eigenvalue weighted by molar-refractivity contribution is 5.52. The van der Waals surface area contributed by atoms with Crippen LogP contribution in [0.25, 0.3) is 0 Å². The average molecular weight is 222 g/mol. The molecule has 0 aliphatic rings. The molecule has 1 aromatic rings. The van der Waals surface area contributed by atoms with E-state index in [9.17, 15) is 15.0 Å². The van der Waals surface area contributed by atoms with Gasteiger partial charge in [-0.3, -0.25) is 0 Å². The van der Waals surface area contributed by atoms with E-state index in [2.05, 4.69) is 0 Å². The normalized spacial score (nSPS) is 11.4. The summed E-state index contributed by atoms with van der Waals surface area (Å²) in [6.45, 7) is 5.62. The third-order valence-corrected chi connectivity index (χ3v) is 2.79.